The van der Waals surface area contributed by atoms with Crippen molar-refractivity contribution in [3.8, 4) is 0 Å². The highest BCUT2D eigenvalue weighted by Gasteiger charge is 2.33. The van der Waals surface area contributed by atoms with Crippen LogP contribution in [0.3, 0.4) is 0 Å². The number of amides is 1. The van der Waals surface area contributed by atoms with Gasteiger partial charge in [-0.15, -0.1) is 0 Å². The molecule has 1 aliphatic heterocycles. The molecule has 4 atom stereocenters. The second-order valence-corrected chi connectivity index (χ2v) is 8.83. The summed E-state index contributed by atoms with van der Waals surface area (Å²) in [6, 6.07) is 1.44. The summed E-state index contributed by atoms with van der Waals surface area (Å²) in [4.78, 5) is 14.4. The third kappa shape index (κ3) is 5.65. The van der Waals surface area contributed by atoms with Gasteiger partial charge in [0.1, 0.15) is 5.60 Å². The Hall–Kier alpha value is -0.770. The van der Waals surface area contributed by atoms with E-state index in [9.17, 15) is 4.79 Å². The fourth-order valence-electron chi connectivity index (χ4n) is 4.40. The molecule has 2 rings (SSSR count). The second-order valence-electron chi connectivity index (χ2n) is 8.83. The molecule has 4 nitrogen and oxygen atoms in total. The minimum Gasteiger partial charge on any atom is -0.444 e. The average molecular weight is 339 g/mol. The highest BCUT2D eigenvalue weighted by Crippen LogP contribution is 2.28. The summed E-state index contributed by atoms with van der Waals surface area (Å²) in [5.41, 5.74) is -0.412. The molecular weight excluding hydrogens is 300 g/mol. The van der Waals surface area contributed by atoms with Gasteiger partial charge in [-0.3, -0.25) is 0 Å². The SMILES string of the molecule is CCC1CCCCC1NC(C)CC1CCCN1C(=O)OC(C)(C)C. The Morgan fingerprint density at radius 1 is 1.21 bits per heavy atom. The van der Waals surface area contributed by atoms with Gasteiger partial charge in [0, 0.05) is 24.7 Å². The number of ether oxygens (including phenoxy) is 1. The Labute approximate surface area is 148 Å². The number of nitrogens with zero attached hydrogens (tertiary/aromatic N) is 1. The van der Waals surface area contributed by atoms with E-state index in [1.165, 1.54) is 32.1 Å². The number of rotatable bonds is 5. The number of hydrogen-bond acceptors (Lipinski definition) is 3. The molecule has 140 valence electrons. The number of nitrogens with one attached hydrogen (secondary N) is 1. The lowest BCUT2D eigenvalue weighted by Crippen LogP contribution is -2.47. The summed E-state index contributed by atoms with van der Waals surface area (Å²) in [5.74, 6) is 0.826. The van der Waals surface area contributed by atoms with Crippen LogP contribution in [0.4, 0.5) is 4.79 Å². The molecule has 4 heteroatoms. The van der Waals surface area contributed by atoms with Gasteiger partial charge in [0.25, 0.3) is 0 Å². The zero-order chi connectivity index (χ0) is 17.7. The lowest BCUT2D eigenvalue weighted by atomic mass is 9.82. The molecule has 0 aromatic carbocycles. The van der Waals surface area contributed by atoms with Crippen LogP contribution >= 0.6 is 0 Å². The summed E-state index contributed by atoms with van der Waals surface area (Å²) in [7, 11) is 0. The largest absolute Gasteiger partial charge is 0.444 e. The molecule has 24 heavy (non-hydrogen) atoms. The van der Waals surface area contributed by atoms with Crippen molar-refractivity contribution < 1.29 is 9.53 Å². The zero-order valence-corrected chi connectivity index (χ0v) is 16.4. The average Bonchev–Trinajstić information content (AvgIpc) is 2.94. The summed E-state index contributed by atoms with van der Waals surface area (Å²) in [6.45, 7) is 11.3. The Morgan fingerprint density at radius 2 is 1.92 bits per heavy atom. The van der Waals surface area contributed by atoms with Gasteiger partial charge in [0.15, 0.2) is 0 Å². The molecule has 0 bridgehead atoms. The molecule has 1 N–H and O–H groups in total. The maximum atomic E-state index is 12.4. The van der Waals surface area contributed by atoms with Crippen LogP contribution in [0.5, 0.6) is 0 Å². The first-order chi connectivity index (χ1) is 11.3. The van der Waals surface area contributed by atoms with Crippen LogP contribution in [0.2, 0.25) is 0 Å². The normalized spacial score (nSPS) is 29.5. The standard InChI is InChI=1S/C20H38N2O2/c1-6-16-10-7-8-12-18(16)21-15(2)14-17-11-9-13-22(17)19(23)24-20(3,4)5/h15-18,21H,6-14H2,1-5H3. The predicted molar refractivity (Wildman–Crippen MR) is 99.2 cm³/mol. The van der Waals surface area contributed by atoms with Gasteiger partial charge < -0.3 is 15.0 Å². The number of likely N-dealkylation sites (tertiary alicyclic amines) is 1. The van der Waals surface area contributed by atoms with Gasteiger partial charge in [0.05, 0.1) is 0 Å². The van der Waals surface area contributed by atoms with Crippen molar-refractivity contribution in [1.82, 2.24) is 10.2 Å². The Kier molecular flexibility index (Phi) is 6.97. The molecule has 1 amide bonds. The van der Waals surface area contributed by atoms with E-state index in [1.54, 1.807) is 0 Å². The number of hydrogen-bond donors (Lipinski definition) is 1. The summed E-state index contributed by atoms with van der Waals surface area (Å²) in [6.07, 6.45) is 9.79. The minimum absolute atomic E-state index is 0.138. The molecule has 1 saturated heterocycles. The van der Waals surface area contributed by atoms with Crippen LogP contribution in [0.1, 0.15) is 86.0 Å². The van der Waals surface area contributed by atoms with E-state index in [-0.39, 0.29) is 6.09 Å². The van der Waals surface area contributed by atoms with Crippen LogP contribution in [0.25, 0.3) is 0 Å². The maximum Gasteiger partial charge on any atom is 0.410 e. The summed E-state index contributed by atoms with van der Waals surface area (Å²) >= 11 is 0. The van der Waals surface area contributed by atoms with Gasteiger partial charge in [-0.25, -0.2) is 4.79 Å². The van der Waals surface area contributed by atoms with Crippen LogP contribution < -0.4 is 5.32 Å². The first-order valence-electron chi connectivity index (χ1n) is 10.1. The van der Waals surface area contributed by atoms with Crippen LogP contribution in [-0.4, -0.2) is 41.3 Å². The van der Waals surface area contributed by atoms with Crippen molar-refractivity contribution in [1.29, 1.82) is 0 Å². The van der Waals surface area contributed by atoms with E-state index < -0.39 is 5.60 Å². The van der Waals surface area contributed by atoms with Gasteiger partial charge in [-0.1, -0.05) is 26.2 Å². The molecule has 0 aromatic rings. The van der Waals surface area contributed by atoms with Crippen molar-refractivity contribution in [3.63, 3.8) is 0 Å². The van der Waals surface area contributed by atoms with Crippen molar-refractivity contribution in [2.45, 2.75) is 110 Å². The van der Waals surface area contributed by atoms with Crippen molar-refractivity contribution in [3.05, 3.63) is 0 Å². The third-order valence-corrected chi connectivity index (χ3v) is 5.56. The smallest absolute Gasteiger partial charge is 0.410 e. The highest BCUT2D eigenvalue weighted by atomic mass is 16.6. The molecule has 2 aliphatic rings. The van der Waals surface area contributed by atoms with Crippen LogP contribution in [-0.2, 0) is 4.74 Å². The van der Waals surface area contributed by atoms with Gasteiger partial charge in [0.2, 0.25) is 0 Å². The molecule has 0 spiro atoms. The molecule has 2 fully saturated rings. The van der Waals surface area contributed by atoms with E-state index in [1.807, 2.05) is 25.7 Å². The number of carbonyl (C=O) groups excluding carboxylic acids is 1. The number of carbonyl (C=O) groups is 1. The zero-order valence-electron chi connectivity index (χ0n) is 16.4. The first-order valence-corrected chi connectivity index (χ1v) is 10.1. The first kappa shape index (κ1) is 19.6. The quantitative estimate of drug-likeness (QED) is 0.788. The van der Waals surface area contributed by atoms with Gasteiger partial charge in [-0.2, -0.15) is 0 Å². The van der Waals surface area contributed by atoms with E-state index in [2.05, 4.69) is 19.2 Å². The van der Waals surface area contributed by atoms with E-state index in [0.29, 0.717) is 18.1 Å². The molecule has 4 unspecified atom stereocenters. The van der Waals surface area contributed by atoms with Gasteiger partial charge >= 0.3 is 6.09 Å². The van der Waals surface area contributed by atoms with Gasteiger partial charge in [-0.05, 0) is 65.7 Å². The summed E-state index contributed by atoms with van der Waals surface area (Å²) in [5, 5.41) is 3.88. The second kappa shape index (κ2) is 8.55. The predicted octanol–water partition coefficient (Wildman–Crippen LogP) is 4.72. The van der Waals surface area contributed by atoms with E-state index in [4.69, 9.17) is 4.74 Å². The third-order valence-electron chi connectivity index (χ3n) is 5.56. The molecule has 1 saturated carbocycles. The Bertz CT molecular complexity index is 405. The minimum atomic E-state index is -0.412. The maximum absolute atomic E-state index is 12.4. The molecule has 1 aliphatic carbocycles. The molecular formula is C20H38N2O2. The topological polar surface area (TPSA) is 41.6 Å². The van der Waals surface area contributed by atoms with E-state index in [0.717, 1.165) is 31.7 Å². The summed E-state index contributed by atoms with van der Waals surface area (Å²) < 4.78 is 5.58. The molecule has 1 heterocycles. The van der Waals surface area contributed by atoms with Crippen LogP contribution in [0, 0.1) is 5.92 Å². The molecule has 0 radical (unpaired) electrons. The molecule has 0 aromatic heterocycles. The fourth-order valence-corrected chi connectivity index (χ4v) is 4.40. The Morgan fingerprint density at radius 3 is 2.58 bits per heavy atom. The highest BCUT2D eigenvalue weighted by molar-refractivity contribution is 5.68. The lowest BCUT2D eigenvalue weighted by molar-refractivity contribution is 0.0212. The lowest BCUT2D eigenvalue weighted by Gasteiger charge is -2.35. The monoisotopic (exact) mass is 338 g/mol. The van der Waals surface area contributed by atoms with Crippen molar-refractivity contribution in [2.24, 2.45) is 5.92 Å². The van der Waals surface area contributed by atoms with E-state index >= 15 is 0 Å². The Balaban J connectivity index is 1.85. The van der Waals surface area contributed by atoms with Crippen LogP contribution in [0.15, 0.2) is 0 Å². The van der Waals surface area contributed by atoms with Crippen molar-refractivity contribution >= 4 is 6.09 Å². The fraction of sp³-hybridized carbons (Fsp3) is 0.950. The van der Waals surface area contributed by atoms with Crippen molar-refractivity contribution in [2.75, 3.05) is 6.54 Å².